The topological polar surface area (TPSA) is 73.6 Å². The average molecular weight is 250 g/mol. The summed E-state index contributed by atoms with van der Waals surface area (Å²) in [6, 6.07) is 8.97. The van der Waals surface area contributed by atoms with Crippen molar-refractivity contribution in [2.75, 3.05) is 19.8 Å². The average Bonchev–Trinajstić information content (AvgIpc) is 2.41. The fourth-order valence-electron chi connectivity index (χ4n) is 1.98. The zero-order valence-corrected chi connectivity index (χ0v) is 10.2. The lowest BCUT2D eigenvalue weighted by molar-refractivity contribution is 0.0426. The van der Waals surface area contributed by atoms with Gasteiger partial charge in [-0.1, -0.05) is 18.2 Å². The standard InChI is InChI=1S/C13H18N2O3/c14-10-13(6-8-17-9-7-13)15-12(16)18-11-4-2-1-3-5-11/h1-5H,6-10,14H2,(H,15,16). The Hall–Kier alpha value is -1.59. The lowest BCUT2D eigenvalue weighted by atomic mass is 9.90. The molecule has 0 unspecified atom stereocenters. The van der Waals surface area contributed by atoms with E-state index in [1.54, 1.807) is 12.1 Å². The van der Waals surface area contributed by atoms with E-state index in [1.807, 2.05) is 18.2 Å². The molecule has 98 valence electrons. The maximum atomic E-state index is 11.8. The maximum absolute atomic E-state index is 11.8. The van der Waals surface area contributed by atoms with Crippen molar-refractivity contribution in [2.45, 2.75) is 18.4 Å². The molecule has 5 heteroatoms. The minimum absolute atomic E-state index is 0.389. The number of hydrogen-bond donors (Lipinski definition) is 2. The first-order chi connectivity index (χ1) is 8.74. The van der Waals surface area contributed by atoms with Gasteiger partial charge in [-0.05, 0) is 25.0 Å². The predicted molar refractivity (Wildman–Crippen MR) is 67.4 cm³/mol. The highest BCUT2D eigenvalue weighted by Gasteiger charge is 2.33. The minimum Gasteiger partial charge on any atom is -0.410 e. The first kappa shape index (κ1) is 12.9. The first-order valence-electron chi connectivity index (χ1n) is 6.07. The summed E-state index contributed by atoms with van der Waals surface area (Å²) in [4.78, 5) is 11.8. The van der Waals surface area contributed by atoms with E-state index in [0.29, 0.717) is 38.3 Å². The molecule has 1 aromatic rings. The number of hydrogen-bond acceptors (Lipinski definition) is 4. The third-order valence-electron chi connectivity index (χ3n) is 3.16. The molecule has 5 nitrogen and oxygen atoms in total. The molecule has 0 aliphatic carbocycles. The van der Waals surface area contributed by atoms with Crippen LogP contribution in [0.25, 0.3) is 0 Å². The normalized spacial score (nSPS) is 18.1. The van der Waals surface area contributed by atoms with Gasteiger partial charge < -0.3 is 20.5 Å². The molecular formula is C13H18N2O3. The Morgan fingerprint density at radius 2 is 2.00 bits per heavy atom. The summed E-state index contributed by atoms with van der Waals surface area (Å²) >= 11 is 0. The van der Waals surface area contributed by atoms with Gasteiger partial charge in [0.05, 0.1) is 5.54 Å². The van der Waals surface area contributed by atoms with Crippen molar-refractivity contribution in [1.82, 2.24) is 5.32 Å². The molecule has 1 amide bonds. The van der Waals surface area contributed by atoms with Crippen LogP contribution in [0.5, 0.6) is 5.75 Å². The Bertz CT molecular complexity index is 388. The zero-order valence-electron chi connectivity index (χ0n) is 10.2. The molecule has 3 N–H and O–H groups in total. The van der Waals surface area contributed by atoms with Crippen LogP contribution < -0.4 is 15.8 Å². The van der Waals surface area contributed by atoms with Crippen molar-refractivity contribution in [1.29, 1.82) is 0 Å². The molecule has 1 fully saturated rings. The molecule has 0 atom stereocenters. The lowest BCUT2D eigenvalue weighted by Crippen LogP contribution is -2.57. The third kappa shape index (κ3) is 3.21. The Balaban J connectivity index is 1.93. The Morgan fingerprint density at radius 1 is 1.33 bits per heavy atom. The van der Waals surface area contributed by atoms with Crippen molar-refractivity contribution < 1.29 is 14.3 Å². The van der Waals surface area contributed by atoms with Crippen LogP contribution in [-0.2, 0) is 4.74 Å². The number of ether oxygens (including phenoxy) is 2. The molecule has 0 spiro atoms. The molecule has 1 heterocycles. The molecule has 0 aromatic heterocycles. The second-order valence-electron chi connectivity index (χ2n) is 4.42. The van der Waals surface area contributed by atoms with Gasteiger partial charge in [-0.15, -0.1) is 0 Å². The van der Waals surface area contributed by atoms with E-state index < -0.39 is 11.6 Å². The first-order valence-corrected chi connectivity index (χ1v) is 6.07. The number of nitrogens with one attached hydrogen (secondary N) is 1. The van der Waals surface area contributed by atoms with E-state index in [4.69, 9.17) is 15.2 Å². The number of rotatable bonds is 3. The van der Waals surface area contributed by atoms with Crippen LogP contribution >= 0.6 is 0 Å². The van der Waals surface area contributed by atoms with Gasteiger partial charge >= 0.3 is 6.09 Å². The van der Waals surface area contributed by atoms with Crippen molar-refractivity contribution in [3.05, 3.63) is 30.3 Å². The zero-order chi connectivity index (χ0) is 12.8. The summed E-state index contributed by atoms with van der Waals surface area (Å²) in [6.07, 6.45) is 0.967. The largest absolute Gasteiger partial charge is 0.413 e. The Morgan fingerprint density at radius 3 is 2.61 bits per heavy atom. The monoisotopic (exact) mass is 250 g/mol. The molecule has 1 aliphatic rings. The minimum atomic E-state index is -0.464. The number of carbonyl (C=O) groups excluding carboxylic acids is 1. The number of para-hydroxylation sites is 1. The second-order valence-corrected chi connectivity index (χ2v) is 4.42. The quantitative estimate of drug-likeness (QED) is 0.847. The fraction of sp³-hybridized carbons (Fsp3) is 0.462. The molecule has 1 aliphatic heterocycles. The molecule has 1 aromatic carbocycles. The summed E-state index contributed by atoms with van der Waals surface area (Å²) < 4.78 is 10.5. The van der Waals surface area contributed by atoms with Crippen molar-refractivity contribution in [3.8, 4) is 5.75 Å². The molecular weight excluding hydrogens is 232 g/mol. The highest BCUT2D eigenvalue weighted by Crippen LogP contribution is 2.20. The van der Waals surface area contributed by atoms with Gasteiger partial charge in [0.2, 0.25) is 0 Å². The van der Waals surface area contributed by atoms with Crippen LogP contribution in [0.15, 0.2) is 30.3 Å². The van der Waals surface area contributed by atoms with Crippen molar-refractivity contribution >= 4 is 6.09 Å². The molecule has 18 heavy (non-hydrogen) atoms. The van der Waals surface area contributed by atoms with Crippen LogP contribution in [-0.4, -0.2) is 31.4 Å². The molecule has 0 bridgehead atoms. The van der Waals surface area contributed by atoms with Gasteiger partial charge in [0.15, 0.2) is 0 Å². The summed E-state index contributed by atoms with van der Waals surface area (Å²) in [5, 5.41) is 2.86. The fourth-order valence-corrected chi connectivity index (χ4v) is 1.98. The summed E-state index contributed by atoms with van der Waals surface area (Å²) in [7, 11) is 0. The van der Waals surface area contributed by atoms with Gasteiger partial charge in [-0.2, -0.15) is 0 Å². The number of benzene rings is 1. The van der Waals surface area contributed by atoms with Gasteiger partial charge in [-0.3, -0.25) is 0 Å². The van der Waals surface area contributed by atoms with Gasteiger partial charge in [0.25, 0.3) is 0 Å². The SMILES string of the molecule is NCC1(NC(=O)Oc2ccccc2)CCOCC1. The smallest absolute Gasteiger partial charge is 0.410 e. The number of nitrogens with two attached hydrogens (primary N) is 1. The van der Waals surface area contributed by atoms with Crippen LogP contribution in [0, 0.1) is 0 Å². The highest BCUT2D eigenvalue weighted by molar-refractivity contribution is 5.71. The maximum Gasteiger partial charge on any atom is 0.413 e. The van der Waals surface area contributed by atoms with Crippen LogP contribution in [0.4, 0.5) is 4.79 Å². The lowest BCUT2D eigenvalue weighted by Gasteiger charge is -2.36. The van der Waals surface area contributed by atoms with Crippen molar-refractivity contribution in [2.24, 2.45) is 5.73 Å². The summed E-state index contributed by atoms with van der Waals surface area (Å²) in [5.41, 5.74) is 5.36. The van der Waals surface area contributed by atoms with Crippen LogP contribution in [0.2, 0.25) is 0 Å². The van der Waals surface area contributed by atoms with Crippen LogP contribution in [0.3, 0.4) is 0 Å². The molecule has 0 saturated carbocycles. The number of amides is 1. The number of carbonyl (C=O) groups is 1. The van der Waals surface area contributed by atoms with E-state index in [-0.39, 0.29) is 0 Å². The van der Waals surface area contributed by atoms with E-state index in [9.17, 15) is 4.79 Å². The Kier molecular flexibility index (Phi) is 4.17. The van der Waals surface area contributed by atoms with E-state index in [1.165, 1.54) is 0 Å². The van der Waals surface area contributed by atoms with E-state index in [2.05, 4.69) is 5.32 Å². The molecule has 0 radical (unpaired) electrons. The van der Waals surface area contributed by atoms with E-state index >= 15 is 0 Å². The van der Waals surface area contributed by atoms with Crippen molar-refractivity contribution in [3.63, 3.8) is 0 Å². The summed E-state index contributed by atoms with van der Waals surface area (Å²) in [6.45, 7) is 1.62. The predicted octanol–water partition coefficient (Wildman–Crippen LogP) is 1.28. The highest BCUT2D eigenvalue weighted by atomic mass is 16.6. The van der Waals surface area contributed by atoms with Gasteiger partial charge in [-0.25, -0.2) is 4.79 Å². The van der Waals surface area contributed by atoms with Crippen LogP contribution in [0.1, 0.15) is 12.8 Å². The molecule has 2 rings (SSSR count). The van der Waals surface area contributed by atoms with E-state index in [0.717, 1.165) is 0 Å². The van der Waals surface area contributed by atoms with Gasteiger partial charge in [0, 0.05) is 19.8 Å². The second kappa shape index (κ2) is 5.84. The Labute approximate surface area is 106 Å². The molecule has 1 saturated heterocycles. The van der Waals surface area contributed by atoms with Gasteiger partial charge in [0.1, 0.15) is 5.75 Å². The third-order valence-corrected chi connectivity index (χ3v) is 3.16. The summed E-state index contributed by atoms with van der Waals surface area (Å²) in [5.74, 6) is 0.522.